The Balaban J connectivity index is 1.68. The Bertz CT molecular complexity index is 1310. The van der Waals surface area contributed by atoms with Gasteiger partial charge in [-0.3, -0.25) is 9.80 Å². The smallest absolute Gasteiger partial charge is 0.338 e. The van der Waals surface area contributed by atoms with Gasteiger partial charge in [-0.2, -0.15) is 0 Å². The number of hydrogen-bond acceptors (Lipinski definition) is 6. The third-order valence-electron chi connectivity index (χ3n) is 7.17. The zero-order valence-electron chi connectivity index (χ0n) is 24.8. The van der Waals surface area contributed by atoms with E-state index >= 15 is 0 Å². The Kier molecular flexibility index (Phi) is 10.2. The molecule has 0 unspecified atom stereocenters. The number of piperazine rings is 1. The summed E-state index contributed by atoms with van der Waals surface area (Å²) in [5.41, 5.74) is 1.62. The molecule has 42 heavy (non-hydrogen) atoms. The van der Waals surface area contributed by atoms with Crippen molar-refractivity contribution < 1.29 is 23.9 Å². The average molecular weight is 576 g/mol. The van der Waals surface area contributed by atoms with Gasteiger partial charge in [0, 0.05) is 50.5 Å². The maximum atomic E-state index is 13.6. The predicted molar refractivity (Wildman–Crippen MR) is 161 cm³/mol. The van der Waals surface area contributed by atoms with E-state index in [9.17, 15) is 14.4 Å². The van der Waals surface area contributed by atoms with E-state index in [4.69, 9.17) is 9.47 Å². The number of nitrogens with one attached hydrogen (secondary N) is 2. The molecule has 1 saturated heterocycles. The van der Waals surface area contributed by atoms with Crippen molar-refractivity contribution in [2.24, 2.45) is 0 Å². The highest BCUT2D eigenvalue weighted by atomic mass is 16.5. The molecule has 2 aromatic carbocycles. The zero-order chi connectivity index (χ0) is 30.2. The van der Waals surface area contributed by atoms with Crippen LogP contribution in [0.1, 0.15) is 39.3 Å². The average Bonchev–Trinajstić information content (AvgIpc) is 2.95. The molecule has 2 heterocycles. The monoisotopic (exact) mass is 575 g/mol. The first-order valence-corrected chi connectivity index (χ1v) is 14.4. The number of carbonyl (C=O) groups excluding carboxylic acids is 3. The molecule has 0 radical (unpaired) electrons. The van der Waals surface area contributed by atoms with Crippen LogP contribution in [0.25, 0.3) is 0 Å². The summed E-state index contributed by atoms with van der Waals surface area (Å²) in [6.07, 6.45) is 1.63. The van der Waals surface area contributed by atoms with Gasteiger partial charge in [0.25, 0.3) is 0 Å². The number of urea groups is 2. The number of rotatable bonds is 10. The molecule has 10 heteroatoms. The molecule has 1 fully saturated rings. The highest BCUT2D eigenvalue weighted by molar-refractivity contribution is 5.95. The summed E-state index contributed by atoms with van der Waals surface area (Å²) in [7, 11) is 0. The van der Waals surface area contributed by atoms with Crippen molar-refractivity contribution >= 4 is 18.0 Å². The van der Waals surface area contributed by atoms with Crippen molar-refractivity contribution in [1.82, 2.24) is 25.3 Å². The number of benzene rings is 2. The van der Waals surface area contributed by atoms with E-state index in [-0.39, 0.29) is 37.3 Å². The van der Waals surface area contributed by atoms with Crippen molar-refractivity contribution in [3.63, 3.8) is 0 Å². The summed E-state index contributed by atoms with van der Waals surface area (Å²) in [6.45, 7) is 13.9. The summed E-state index contributed by atoms with van der Waals surface area (Å²) in [4.78, 5) is 45.3. The number of amides is 4. The fraction of sp³-hybridized carbons (Fsp3) is 0.406. The van der Waals surface area contributed by atoms with Gasteiger partial charge in [0.1, 0.15) is 11.5 Å². The van der Waals surface area contributed by atoms with Gasteiger partial charge in [0.2, 0.25) is 0 Å². The van der Waals surface area contributed by atoms with Crippen molar-refractivity contribution in [2.75, 3.05) is 39.3 Å². The minimum atomic E-state index is -0.748. The quantitative estimate of drug-likeness (QED) is 0.315. The fourth-order valence-corrected chi connectivity index (χ4v) is 5.30. The van der Waals surface area contributed by atoms with E-state index in [1.54, 1.807) is 17.9 Å². The van der Waals surface area contributed by atoms with Crippen molar-refractivity contribution in [3.05, 3.63) is 84.1 Å². The predicted octanol–water partition coefficient (Wildman–Crippen LogP) is 4.67. The summed E-state index contributed by atoms with van der Waals surface area (Å²) < 4.78 is 11.6. The molecule has 224 valence electrons. The van der Waals surface area contributed by atoms with Crippen LogP contribution in [-0.4, -0.2) is 84.1 Å². The van der Waals surface area contributed by atoms with E-state index in [1.807, 2.05) is 80.3 Å². The van der Waals surface area contributed by atoms with Crippen molar-refractivity contribution in [1.29, 1.82) is 0 Å². The van der Waals surface area contributed by atoms with Crippen LogP contribution in [0.4, 0.5) is 9.59 Å². The Morgan fingerprint density at radius 1 is 1.12 bits per heavy atom. The molecule has 0 spiro atoms. The lowest BCUT2D eigenvalue weighted by molar-refractivity contribution is -0.139. The number of para-hydroxylation sites is 1. The molecule has 0 bridgehead atoms. The second-order valence-electron chi connectivity index (χ2n) is 10.7. The summed E-state index contributed by atoms with van der Waals surface area (Å²) in [6, 6.07) is 15.6. The molecule has 2 aliphatic rings. The highest BCUT2D eigenvalue weighted by Crippen LogP contribution is 2.34. The Labute approximate surface area is 247 Å². The number of hydrogen-bond donors (Lipinski definition) is 2. The Morgan fingerprint density at radius 3 is 2.52 bits per heavy atom. The SMILES string of the molecule is C=CCN1C(=O)N[C@H](c2cccc(Oc3ccccc3)c2)C(C(=O)OCC)=C1CN1CCN(C(=O)NC(C)C)[C@@H](C)C1. The van der Waals surface area contributed by atoms with Crippen LogP contribution < -0.4 is 15.4 Å². The minimum absolute atomic E-state index is 0.0433. The number of esters is 1. The van der Waals surface area contributed by atoms with Gasteiger partial charge >= 0.3 is 18.0 Å². The van der Waals surface area contributed by atoms with Crippen LogP contribution in [0, 0.1) is 0 Å². The molecule has 2 aliphatic heterocycles. The molecule has 10 nitrogen and oxygen atoms in total. The standard InChI is InChI=1S/C32H41N5O5/c1-6-16-37-27(21-35-17-18-36(23(5)20-35)31(39)33-22(3)4)28(30(38)41-7-2)29(34-32(37)40)24-12-11-15-26(19-24)42-25-13-9-8-10-14-25/h6,8-15,19,22-23,29H,1,7,16-18,20-21H2,2-5H3,(H,33,39)(H,34,40)/t23-,29+/m0/s1. The van der Waals surface area contributed by atoms with Crippen LogP contribution in [0.3, 0.4) is 0 Å². The van der Waals surface area contributed by atoms with Gasteiger partial charge < -0.3 is 25.0 Å². The number of carbonyl (C=O) groups is 3. The third-order valence-corrected chi connectivity index (χ3v) is 7.17. The van der Waals surface area contributed by atoms with Crippen LogP contribution in [0.15, 0.2) is 78.5 Å². The van der Waals surface area contributed by atoms with Gasteiger partial charge in [-0.05, 0) is 57.5 Å². The second kappa shape index (κ2) is 14.0. The first kappa shape index (κ1) is 30.6. The maximum Gasteiger partial charge on any atom is 0.338 e. The molecule has 2 atom stereocenters. The van der Waals surface area contributed by atoms with Gasteiger partial charge in [-0.15, -0.1) is 6.58 Å². The Hall–Kier alpha value is -4.31. The molecular weight excluding hydrogens is 534 g/mol. The lowest BCUT2D eigenvalue weighted by Gasteiger charge is -2.43. The topological polar surface area (TPSA) is 103 Å². The number of nitrogens with zero attached hydrogens (tertiary/aromatic N) is 3. The second-order valence-corrected chi connectivity index (χ2v) is 10.7. The summed E-state index contributed by atoms with van der Waals surface area (Å²) >= 11 is 0. The molecule has 0 aromatic heterocycles. The molecular formula is C32H41N5O5. The summed E-state index contributed by atoms with van der Waals surface area (Å²) in [5, 5.41) is 5.97. The largest absolute Gasteiger partial charge is 0.463 e. The van der Waals surface area contributed by atoms with E-state index in [0.29, 0.717) is 54.5 Å². The molecule has 4 rings (SSSR count). The van der Waals surface area contributed by atoms with Gasteiger partial charge in [-0.25, -0.2) is 14.4 Å². The minimum Gasteiger partial charge on any atom is -0.463 e. The van der Waals surface area contributed by atoms with Crippen LogP contribution in [0.2, 0.25) is 0 Å². The lowest BCUT2D eigenvalue weighted by Crippen LogP contribution is -2.58. The van der Waals surface area contributed by atoms with Crippen LogP contribution in [-0.2, 0) is 9.53 Å². The molecule has 4 amide bonds. The first-order valence-electron chi connectivity index (χ1n) is 14.4. The van der Waals surface area contributed by atoms with Crippen LogP contribution in [0.5, 0.6) is 11.5 Å². The van der Waals surface area contributed by atoms with Crippen molar-refractivity contribution in [2.45, 2.75) is 45.8 Å². The van der Waals surface area contributed by atoms with Gasteiger partial charge in [0.15, 0.2) is 0 Å². The fourth-order valence-electron chi connectivity index (χ4n) is 5.30. The molecule has 2 N–H and O–H groups in total. The molecule has 2 aromatic rings. The van der Waals surface area contributed by atoms with E-state index < -0.39 is 12.0 Å². The number of ether oxygens (including phenoxy) is 2. The van der Waals surface area contributed by atoms with Crippen molar-refractivity contribution in [3.8, 4) is 11.5 Å². The Morgan fingerprint density at radius 2 is 1.86 bits per heavy atom. The lowest BCUT2D eigenvalue weighted by atomic mass is 9.93. The third kappa shape index (κ3) is 7.30. The highest BCUT2D eigenvalue weighted by Gasteiger charge is 2.39. The zero-order valence-corrected chi connectivity index (χ0v) is 24.8. The van der Waals surface area contributed by atoms with Crippen LogP contribution >= 0.6 is 0 Å². The van der Waals surface area contributed by atoms with Gasteiger partial charge in [-0.1, -0.05) is 36.4 Å². The summed E-state index contributed by atoms with van der Waals surface area (Å²) in [5.74, 6) is 0.761. The molecule has 0 aliphatic carbocycles. The normalized spacial score (nSPS) is 19.4. The van der Waals surface area contributed by atoms with E-state index in [2.05, 4.69) is 22.1 Å². The van der Waals surface area contributed by atoms with E-state index in [0.717, 1.165) is 0 Å². The maximum absolute atomic E-state index is 13.6. The molecule has 0 saturated carbocycles. The van der Waals surface area contributed by atoms with E-state index in [1.165, 1.54) is 0 Å². The first-order chi connectivity index (χ1) is 20.2. The van der Waals surface area contributed by atoms with Gasteiger partial charge in [0.05, 0.1) is 18.2 Å².